The van der Waals surface area contributed by atoms with Gasteiger partial charge in [0.2, 0.25) is 5.95 Å². The fourth-order valence-corrected chi connectivity index (χ4v) is 3.50. The average Bonchev–Trinajstić information content (AvgIpc) is 3.29. The van der Waals surface area contributed by atoms with E-state index in [0.29, 0.717) is 5.92 Å². The average molecular weight is 298 g/mol. The molecule has 4 rings (SSSR count). The van der Waals surface area contributed by atoms with E-state index in [9.17, 15) is 0 Å². The van der Waals surface area contributed by atoms with Gasteiger partial charge >= 0.3 is 0 Å². The van der Waals surface area contributed by atoms with Gasteiger partial charge in [-0.3, -0.25) is 10.00 Å². The minimum Gasteiger partial charge on any atom is -0.341 e. The lowest BCUT2D eigenvalue weighted by atomic mass is 10.1. The van der Waals surface area contributed by atoms with Crippen molar-refractivity contribution in [3.8, 4) is 0 Å². The summed E-state index contributed by atoms with van der Waals surface area (Å²) >= 11 is 0. The predicted molar refractivity (Wildman–Crippen MR) is 84.7 cm³/mol. The third-order valence-corrected chi connectivity index (χ3v) is 4.71. The Bertz CT molecular complexity index is 605. The van der Waals surface area contributed by atoms with Crippen LogP contribution in [-0.4, -0.2) is 51.2 Å². The molecule has 22 heavy (non-hydrogen) atoms. The van der Waals surface area contributed by atoms with Gasteiger partial charge in [0.1, 0.15) is 0 Å². The van der Waals surface area contributed by atoms with Gasteiger partial charge in [0.05, 0.1) is 5.69 Å². The summed E-state index contributed by atoms with van der Waals surface area (Å²) in [5.41, 5.74) is 2.38. The molecule has 0 saturated carbocycles. The monoisotopic (exact) mass is 298 g/mol. The SMILES string of the molecule is c1cc([C@H]2CCN(Cc3ccnc(N4CCCC4)n3)C2)[nH]n1. The van der Waals surface area contributed by atoms with Crippen LogP contribution in [0.25, 0.3) is 0 Å². The van der Waals surface area contributed by atoms with Crippen LogP contribution in [0.5, 0.6) is 0 Å². The minimum absolute atomic E-state index is 0.572. The molecule has 0 bridgehead atoms. The molecule has 2 fully saturated rings. The molecule has 116 valence electrons. The summed E-state index contributed by atoms with van der Waals surface area (Å²) in [6.07, 6.45) is 7.44. The second-order valence-corrected chi connectivity index (χ2v) is 6.27. The number of anilines is 1. The second kappa shape index (κ2) is 6.04. The summed E-state index contributed by atoms with van der Waals surface area (Å²) in [5, 5.41) is 7.16. The number of nitrogens with one attached hydrogen (secondary N) is 1. The van der Waals surface area contributed by atoms with E-state index in [-0.39, 0.29) is 0 Å². The number of H-pyrrole nitrogens is 1. The minimum atomic E-state index is 0.572. The highest BCUT2D eigenvalue weighted by molar-refractivity contribution is 5.31. The highest BCUT2D eigenvalue weighted by Crippen LogP contribution is 2.26. The maximum Gasteiger partial charge on any atom is 0.225 e. The second-order valence-electron chi connectivity index (χ2n) is 6.27. The van der Waals surface area contributed by atoms with Gasteiger partial charge in [-0.25, -0.2) is 9.97 Å². The highest BCUT2D eigenvalue weighted by atomic mass is 15.3. The lowest BCUT2D eigenvalue weighted by Crippen LogP contribution is -2.23. The van der Waals surface area contributed by atoms with E-state index in [1.54, 1.807) is 0 Å². The van der Waals surface area contributed by atoms with Gasteiger partial charge in [0, 0.05) is 50.2 Å². The summed E-state index contributed by atoms with van der Waals surface area (Å²) in [6.45, 7) is 5.29. The number of hydrogen-bond acceptors (Lipinski definition) is 5. The largest absolute Gasteiger partial charge is 0.341 e. The van der Waals surface area contributed by atoms with E-state index in [2.05, 4.69) is 31.0 Å². The third-order valence-electron chi connectivity index (χ3n) is 4.71. The lowest BCUT2D eigenvalue weighted by molar-refractivity contribution is 0.322. The lowest BCUT2D eigenvalue weighted by Gasteiger charge is -2.18. The Morgan fingerprint density at radius 1 is 1.14 bits per heavy atom. The maximum absolute atomic E-state index is 4.76. The maximum atomic E-state index is 4.76. The first kappa shape index (κ1) is 13.7. The van der Waals surface area contributed by atoms with Crippen LogP contribution in [0, 0.1) is 0 Å². The van der Waals surface area contributed by atoms with Crippen molar-refractivity contribution in [2.75, 3.05) is 31.1 Å². The Morgan fingerprint density at radius 3 is 2.86 bits per heavy atom. The summed E-state index contributed by atoms with van der Waals surface area (Å²) in [6, 6.07) is 4.13. The molecule has 0 amide bonds. The fraction of sp³-hybridized carbons (Fsp3) is 0.562. The molecule has 0 unspecified atom stereocenters. The molecule has 1 atom stereocenters. The Balaban J connectivity index is 1.40. The van der Waals surface area contributed by atoms with Crippen molar-refractivity contribution in [3.63, 3.8) is 0 Å². The smallest absolute Gasteiger partial charge is 0.225 e. The van der Waals surface area contributed by atoms with Crippen LogP contribution in [0.3, 0.4) is 0 Å². The Kier molecular flexibility index (Phi) is 3.76. The number of aromatic nitrogens is 4. The van der Waals surface area contributed by atoms with Crippen LogP contribution in [0.4, 0.5) is 5.95 Å². The van der Waals surface area contributed by atoms with E-state index in [1.807, 2.05) is 18.5 Å². The molecule has 2 aromatic rings. The van der Waals surface area contributed by atoms with Gasteiger partial charge in [0.25, 0.3) is 0 Å². The van der Waals surface area contributed by atoms with Crippen molar-refractivity contribution < 1.29 is 0 Å². The quantitative estimate of drug-likeness (QED) is 0.932. The molecule has 1 N–H and O–H groups in total. The molecule has 0 radical (unpaired) electrons. The topological polar surface area (TPSA) is 60.9 Å². The molecule has 0 aliphatic carbocycles. The van der Waals surface area contributed by atoms with Crippen molar-refractivity contribution in [2.45, 2.75) is 31.7 Å². The molecule has 2 aliphatic rings. The molecule has 0 aromatic carbocycles. The Morgan fingerprint density at radius 2 is 2.05 bits per heavy atom. The van der Waals surface area contributed by atoms with Gasteiger partial charge in [-0.15, -0.1) is 0 Å². The first-order valence-corrected chi connectivity index (χ1v) is 8.17. The van der Waals surface area contributed by atoms with Crippen molar-refractivity contribution in [2.24, 2.45) is 0 Å². The summed E-state index contributed by atoms with van der Waals surface area (Å²) in [7, 11) is 0. The molecule has 2 saturated heterocycles. The van der Waals surface area contributed by atoms with Gasteiger partial charge in [-0.2, -0.15) is 5.10 Å². The molecular formula is C16H22N6. The fourth-order valence-electron chi connectivity index (χ4n) is 3.50. The van der Waals surface area contributed by atoms with Crippen molar-refractivity contribution in [1.29, 1.82) is 0 Å². The number of hydrogen-bond donors (Lipinski definition) is 1. The summed E-state index contributed by atoms with van der Waals surface area (Å²) < 4.78 is 0. The Hall–Kier alpha value is -1.95. The van der Waals surface area contributed by atoms with E-state index < -0.39 is 0 Å². The van der Waals surface area contributed by atoms with Crippen LogP contribution in [-0.2, 0) is 6.54 Å². The van der Waals surface area contributed by atoms with Crippen LogP contribution in [0.15, 0.2) is 24.5 Å². The standard InChI is InChI=1S/C16H22N6/c1-2-9-22(8-1)16-17-6-3-14(19-16)12-21-10-5-13(11-21)15-4-7-18-20-15/h3-4,6-7,13H,1-2,5,8-12H2,(H,18,20)/t13-/m0/s1. The number of nitrogens with zero attached hydrogens (tertiary/aromatic N) is 5. The zero-order valence-corrected chi connectivity index (χ0v) is 12.8. The zero-order valence-electron chi connectivity index (χ0n) is 12.8. The van der Waals surface area contributed by atoms with Gasteiger partial charge in [-0.05, 0) is 37.9 Å². The van der Waals surface area contributed by atoms with Gasteiger partial charge in [-0.1, -0.05) is 0 Å². The molecular weight excluding hydrogens is 276 g/mol. The highest BCUT2D eigenvalue weighted by Gasteiger charge is 2.25. The molecule has 2 aliphatic heterocycles. The molecule has 0 spiro atoms. The van der Waals surface area contributed by atoms with E-state index in [4.69, 9.17) is 4.98 Å². The van der Waals surface area contributed by atoms with Gasteiger partial charge in [0.15, 0.2) is 0 Å². The van der Waals surface area contributed by atoms with E-state index in [1.165, 1.54) is 25.0 Å². The summed E-state index contributed by atoms with van der Waals surface area (Å²) in [4.78, 5) is 14.0. The van der Waals surface area contributed by atoms with Crippen LogP contribution in [0.1, 0.15) is 36.6 Å². The number of likely N-dealkylation sites (tertiary alicyclic amines) is 1. The van der Waals surface area contributed by atoms with Gasteiger partial charge < -0.3 is 4.90 Å². The van der Waals surface area contributed by atoms with Crippen molar-refractivity contribution in [1.82, 2.24) is 25.1 Å². The first-order valence-electron chi connectivity index (χ1n) is 8.17. The zero-order chi connectivity index (χ0) is 14.8. The van der Waals surface area contributed by atoms with Crippen LogP contribution in [0.2, 0.25) is 0 Å². The van der Waals surface area contributed by atoms with E-state index >= 15 is 0 Å². The van der Waals surface area contributed by atoms with E-state index in [0.717, 1.165) is 44.4 Å². The Labute approximate surface area is 130 Å². The van der Waals surface area contributed by atoms with Crippen molar-refractivity contribution >= 4 is 5.95 Å². The first-order chi connectivity index (χ1) is 10.9. The number of rotatable bonds is 4. The molecule has 6 nitrogen and oxygen atoms in total. The van der Waals surface area contributed by atoms with Crippen LogP contribution < -0.4 is 4.90 Å². The molecule has 6 heteroatoms. The normalized spacial score (nSPS) is 22.5. The molecule has 4 heterocycles. The summed E-state index contributed by atoms with van der Waals surface area (Å²) in [5.74, 6) is 1.47. The van der Waals surface area contributed by atoms with Crippen LogP contribution >= 0.6 is 0 Å². The number of aromatic amines is 1. The third kappa shape index (κ3) is 2.83. The van der Waals surface area contributed by atoms with Crippen molar-refractivity contribution in [3.05, 3.63) is 35.9 Å². The molecule has 2 aromatic heterocycles. The predicted octanol–water partition coefficient (Wildman–Crippen LogP) is 1.79.